The van der Waals surface area contributed by atoms with E-state index in [1.54, 1.807) is 0 Å². The lowest BCUT2D eigenvalue weighted by molar-refractivity contribution is 0.0604. The van der Waals surface area contributed by atoms with E-state index in [1.807, 2.05) is 4.90 Å². The van der Waals surface area contributed by atoms with Crippen LogP contribution in [0, 0.1) is 11.7 Å². The topological polar surface area (TPSA) is 77.9 Å². The molecule has 3 atom stereocenters. The second kappa shape index (κ2) is 8.74. The normalized spacial score (nSPS) is 25.8. The maximum atomic E-state index is 14.9. The molecule has 5 rings (SSSR count). The molecular weight excluding hydrogens is 447 g/mol. The van der Waals surface area contributed by atoms with Gasteiger partial charge in [-0.2, -0.15) is 0 Å². The van der Waals surface area contributed by atoms with Crippen molar-refractivity contribution in [3.05, 3.63) is 40.3 Å². The lowest BCUT2D eigenvalue weighted by Gasteiger charge is -2.36. The molecule has 33 heavy (non-hydrogen) atoms. The summed E-state index contributed by atoms with van der Waals surface area (Å²) in [7, 11) is 2.07. The zero-order valence-electron chi connectivity index (χ0n) is 18.8. The predicted molar refractivity (Wildman–Crippen MR) is 124 cm³/mol. The molecule has 4 heterocycles. The van der Waals surface area contributed by atoms with Crippen molar-refractivity contribution < 1.29 is 19.0 Å². The quantitative estimate of drug-likeness (QED) is 0.696. The summed E-state index contributed by atoms with van der Waals surface area (Å²) in [4.78, 5) is 22.7. The number of nitrogens with one attached hydrogen (secondary N) is 1. The average molecular weight is 475 g/mol. The Bertz CT molecular complexity index is 1080. The van der Waals surface area contributed by atoms with E-state index in [-0.39, 0.29) is 58.2 Å². The Hall–Kier alpha value is -2.42. The zero-order valence-corrected chi connectivity index (χ0v) is 19.5. The highest BCUT2D eigenvalue weighted by atomic mass is 35.5. The maximum Gasteiger partial charge on any atom is 0.260 e. The molecule has 1 amide bonds. The van der Waals surface area contributed by atoms with Crippen molar-refractivity contribution in [3.63, 3.8) is 0 Å². The summed E-state index contributed by atoms with van der Waals surface area (Å²) in [5.74, 6) is -0.592. The van der Waals surface area contributed by atoms with Gasteiger partial charge in [-0.1, -0.05) is 24.6 Å². The van der Waals surface area contributed by atoms with Crippen LogP contribution < -0.4 is 10.1 Å². The monoisotopic (exact) mass is 474 g/mol. The highest BCUT2D eigenvalue weighted by molar-refractivity contribution is 6.35. The van der Waals surface area contributed by atoms with E-state index < -0.39 is 5.82 Å². The van der Waals surface area contributed by atoms with Crippen LogP contribution in [0.5, 0.6) is 11.5 Å². The summed E-state index contributed by atoms with van der Waals surface area (Å²) in [6.45, 7) is 6.04. The van der Waals surface area contributed by atoms with Crippen molar-refractivity contribution in [2.24, 2.45) is 5.92 Å². The van der Waals surface area contributed by atoms with E-state index in [0.29, 0.717) is 30.9 Å². The molecule has 3 unspecified atom stereocenters. The van der Waals surface area contributed by atoms with Crippen LogP contribution in [0.25, 0.3) is 11.3 Å². The van der Waals surface area contributed by atoms with Gasteiger partial charge in [-0.25, -0.2) is 9.37 Å². The van der Waals surface area contributed by atoms with Crippen molar-refractivity contribution >= 4 is 17.5 Å². The van der Waals surface area contributed by atoms with Gasteiger partial charge in [-0.3, -0.25) is 4.79 Å². The molecule has 0 saturated carbocycles. The fourth-order valence-electron chi connectivity index (χ4n) is 5.34. The number of piperazine rings is 1. The van der Waals surface area contributed by atoms with E-state index >= 15 is 0 Å². The molecule has 176 valence electrons. The van der Waals surface area contributed by atoms with Gasteiger partial charge in [0.05, 0.1) is 23.0 Å². The number of amides is 1. The second-order valence-corrected chi connectivity index (χ2v) is 9.68. The standard InChI is InChI=1S/C24H28ClFN4O3/c1-13-11-29(2)8-6-15(13)21-19-23(33-12-14-10-27-7-9-30(14)24(19)32)20(25)22(28-21)18-16(26)4-3-5-17(18)31/h3-5,13-15,27,31H,6-12H2,1-2H3. The third kappa shape index (κ3) is 3.84. The number of aromatic nitrogens is 1. The number of phenols is 1. The van der Waals surface area contributed by atoms with Gasteiger partial charge in [0.25, 0.3) is 5.91 Å². The van der Waals surface area contributed by atoms with Crippen LogP contribution in [-0.4, -0.2) is 78.2 Å². The first kappa shape index (κ1) is 22.4. The minimum atomic E-state index is -0.631. The minimum Gasteiger partial charge on any atom is -0.507 e. The third-order valence-electron chi connectivity index (χ3n) is 7.06. The number of aromatic hydroxyl groups is 1. The van der Waals surface area contributed by atoms with Crippen molar-refractivity contribution in [2.75, 3.05) is 46.4 Å². The number of likely N-dealkylation sites (tertiary alicyclic amines) is 1. The molecule has 3 aliphatic rings. The summed E-state index contributed by atoms with van der Waals surface area (Å²) in [5, 5.41) is 13.8. The van der Waals surface area contributed by atoms with Gasteiger partial charge >= 0.3 is 0 Å². The van der Waals surface area contributed by atoms with Gasteiger partial charge in [-0.05, 0) is 38.1 Å². The molecule has 0 spiro atoms. The fraction of sp³-hybridized carbons (Fsp3) is 0.500. The van der Waals surface area contributed by atoms with E-state index in [0.717, 1.165) is 19.5 Å². The van der Waals surface area contributed by atoms with E-state index in [9.17, 15) is 14.3 Å². The first-order chi connectivity index (χ1) is 15.9. The second-order valence-electron chi connectivity index (χ2n) is 9.30. The van der Waals surface area contributed by atoms with Gasteiger partial charge in [0.15, 0.2) is 5.75 Å². The van der Waals surface area contributed by atoms with Crippen LogP contribution in [0.1, 0.15) is 35.3 Å². The number of carbonyl (C=O) groups is 1. The fourth-order valence-corrected chi connectivity index (χ4v) is 5.63. The van der Waals surface area contributed by atoms with Crippen LogP contribution >= 0.6 is 11.6 Å². The average Bonchev–Trinajstić information content (AvgIpc) is 2.93. The SMILES string of the molecule is CC1CN(C)CCC1c1nc(-c2c(O)cccc2F)c(Cl)c2c1C(=O)N1CCNCC1CO2. The number of ether oxygens (including phenoxy) is 1. The van der Waals surface area contributed by atoms with Crippen LogP contribution in [0.15, 0.2) is 18.2 Å². The van der Waals surface area contributed by atoms with Crippen LogP contribution in [0.2, 0.25) is 5.02 Å². The van der Waals surface area contributed by atoms with Crippen LogP contribution in [0.3, 0.4) is 0 Å². The number of fused-ring (bicyclic) bond motifs is 2. The number of rotatable bonds is 2. The number of hydrogen-bond donors (Lipinski definition) is 2. The van der Waals surface area contributed by atoms with Gasteiger partial charge in [0.1, 0.15) is 28.8 Å². The molecule has 1 aromatic heterocycles. The van der Waals surface area contributed by atoms with E-state index in [1.165, 1.54) is 18.2 Å². The van der Waals surface area contributed by atoms with Gasteiger partial charge in [0, 0.05) is 32.1 Å². The number of nitrogens with zero attached hydrogens (tertiary/aromatic N) is 3. The maximum absolute atomic E-state index is 14.9. The highest BCUT2D eigenvalue weighted by Gasteiger charge is 2.40. The number of pyridine rings is 1. The van der Waals surface area contributed by atoms with Crippen molar-refractivity contribution in [2.45, 2.75) is 25.3 Å². The van der Waals surface area contributed by atoms with Gasteiger partial charge in [0.2, 0.25) is 0 Å². The molecule has 9 heteroatoms. The molecule has 2 fully saturated rings. The molecule has 7 nitrogen and oxygen atoms in total. The van der Waals surface area contributed by atoms with Gasteiger partial charge in [-0.15, -0.1) is 0 Å². The number of hydrogen-bond acceptors (Lipinski definition) is 6. The Balaban J connectivity index is 1.74. The molecule has 2 aromatic rings. The first-order valence-corrected chi connectivity index (χ1v) is 11.8. The molecule has 0 bridgehead atoms. The number of carbonyl (C=O) groups excluding carboxylic acids is 1. The first-order valence-electron chi connectivity index (χ1n) is 11.4. The molecule has 2 saturated heterocycles. The lowest BCUT2D eigenvalue weighted by Crippen LogP contribution is -2.55. The van der Waals surface area contributed by atoms with Crippen LogP contribution in [0.4, 0.5) is 4.39 Å². The Kier molecular flexibility index (Phi) is 5.93. The van der Waals surface area contributed by atoms with Crippen LogP contribution in [-0.2, 0) is 0 Å². The van der Waals surface area contributed by atoms with E-state index in [4.69, 9.17) is 21.3 Å². The van der Waals surface area contributed by atoms with Crippen molar-refractivity contribution in [3.8, 4) is 22.8 Å². The molecular formula is C24H28ClFN4O3. The number of benzene rings is 1. The molecule has 2 N–H and O–H groups in total. The zero-order chi connectivity index (χ0) is 23.3. The largest absolute Gasteiger partial charge is 0.507 e. The summed E-state index contributed by atoms with van der Waals surface area (Å²) in [6, 6.07) is 3.96. The minimum absolute atomic E-state index is 0.0214. The predicted octanol–water partition coefficient (Wildman–Crippen LogP) is 3.11. The summed E-state index contributed by atoms with van der Waals surface area (Å²) in [5.41, 5.74) is 0.993. The van der Waals surface area contributed by atoms with Crippen molar-refractivity contribution in [1.82, 2.24) is 20.1 Å². The third-order valence-corrected chi connectivity index (χ3v) is 7.41. The van der Waals surface area contributed by atoms with Crippen molar-refractivity contribution in [1.29, 1.82) is 0 Å². The van der Waals surface area contributed by atoms with E-state index in [2.05, 4.69) is 24.2 Å². The number of piperidine rings is 1. The smallest absolute Gasteiger partial charge is 0.260 e. The number of halogens is 2. The Morgan fingerprint density at radius 1 is 1.30 bits per heavy atom. The summed E-state index contributed by atoms with van der Waals surface area (Å²) < 4.78 is 21.0. The molecule has 3 aliphatic heterocycles. The molecule has 1 aromatic carbocycles. The Labute approximate surface area is 197 Å². The molecule has 0 radical (unpaired) electrons. The highest BCUT2D eigenvalue weighted by Crippen LogP contribution is 2.46. The summed E-state index contributed by atoms with van der Waals surface area (Å²) >= 11 is 6.75. The Morgan fingerprint density at radius 2 is 2.12 bits per heavy atom. The number of phenolic OH excluding ortho intramolecular Hbond substituents is 1. The lowest BCUT2D eigenvalue weighted by atomic mass is 9.82. The molecule has 0 aliphatic carbocycles. The Morgan fingerprint density at radius 3 is 2.88 bits per heavy atom. The summed E-state index contributed by atoms with van der Waals surface area (Å²) in [6.07, 6.45) is 0.805. The van der Waals surface area contributed by atoms with Gasteiger partial charge < -0.3 is 25.0 Å².